The van der Waals surface area contributed by atoms with Crippen molar-refractivity contribution in [3.8, 4) is 11.5 Å². The first kappa shape index (κ1) is 21.6. The Morgan fingerprint density at radius 3 is 2.59 bits per heavy atom. The summed E-state index contributed by atoms with van der Waals surface area (Å²) in [6.45, 7) is 0.486. The second-order valence-electron chi connectivity index (χ2n) is 6.14. The fraction of sp³-hybridized carbons (Fsp3) is 0.190. The standard InChI is InChI=1S/C21H19BrClNO4S/c1-27-19-10-14(4-8-18(19)28-12-16-7-9-20(22)29-16)21(26)24-11-17(25)13-2-5-15(23)6-3-13/h2-10,17,25H,11-12H2,1H3,(H,24,26). The molecule has 1 amide bonds. The molecule has 1 atom stereocenters. The van der Waals surface area contributed by atoms with Crippen LogP contribution in [0.25, 0.3) is 0 Å². The summed E-state index contributed by atoms with van der Waals surface area (Å²) >= 11 is 10.9. The number of carbonyl (C=O) groups is 1. The van der Waals surface area contributed by atoms with E-state index in [-0.39, 0.29) is 12.5 Å². The lowest BCUT2D eigenvalue weighted by molar-refractivity contribution is 0.0916. The predicted molar refractivity (Wildman–Crippen MR) is 118 cm³/mol. The van der Waals surface area contributed by atoms with Crippen LogP contribution in [0, 0.1) is 0 Å². The Kier molecular flexibility index (Phi) is 7.55. The molecule has 0 saturated heterocycles. The monoisotopic (exact) mass is 495 g/mol. The highest BCUT2D eigenvalue weighted by Crippen LogP contribution is 2.30. The third-order valence-corrected chi connectivity index (χ3v) is 5.98. The maximum absolute atomic E-state index is 12.5. The average Bonchev–Trinajstić information content (AvgIpc) is 3.15. The highest BCUT2D eigenvalue weighted by atomic mass is 79.9. The zero-order valence-electron chi connectivity index (χ0n) is 15.5. The van der Waals surface area contributed by atoms with Crippen molar-refractivity contribution in [1.29, 1.82) is 0 Å². The molecule has 0 spiro atoms. The summed E-state index contributed by atoms with van der Waals surface area (Å²) in [5, 5.41) is 13.5. The highest BCUT2D eigenvalue weighted by molar-refractivity contribution is 9.11. The van der Waals surface area contributed by atoms with Crippen LogP contribution >= 0.6 is 38.9 Å². The molecule has 0 radical (unpaired) electrons. The van der Waals surface area contributed by atoms with Crippen LogP contribution in [-0.4, -0.2) is 24.7 Å². The minimum absolute atomic E-state index is 0.0777. The third kappa shape index (κ3) is 5.96. The minimum Gasteiger partial charge on any atom is -0.493 e. The van der Waals surface area contributed by atoms with Gasteiger partial charge in [-0.2, -0.15) is 0 Å². The van der Waals surface area contributed by atoms with Gasteiger partial charge in [0.1, 0.15) is 6.61 Å². The van der Waals surface area contributed by atoms with Crippen LogP contribution in [0.4, 0.5) is 0 Å². The van der Waals surface area contributed by atoms with Gasteiger partial charge in [0.25, 0.3) is 5.91 Å². The van der Waals surface area contributed by atoms with Crippen molar-refractivity contribution in [2.45, 2.75) is 12.7 Å². The lowest BCUT2D eigenvalue weighted by atomic mass is 10.1. The molecule has 0 aliphatic carbocycles. The molecule has 1 unspecified atom stereocenters. The van der Waals surface area contributed by atoms with Crippen molar-refractivity contribution in [2.75, 3.05) is 13.7 Å². The predicted octanol–water partition coefficient (Wildman–Crippen LogP) is 5.22. The number of aliphatic hydroxyl groups excluding tert-OH is 1. The Bertz CT molecular complexity index is 977. The van der Waals surface area contributed by atoms with Crippen LogP contribution in [0.2, 0.25) is 5.02 Å². The van der Waals surface area contributed by atoms with Crippen LogP contribution < -0.4 is 14.8 Å². The van der Waals surface area contributed by atoms with Crippen molar-refractivity contribution < 1.29 is 19.4 Å². The van der Waals surface area contributed by atoms with E-state index in [4.69, 9.17) is 21.1 Å². The molecule has 1 heterocycles. The Labute approximate surface area is 186 Å². The van der Waals surface area contributed by atoms with Crippen molar-refractivity contribution in [1.82, 2.24) is 5.32 Å². The molecule has 0 aliphatic heterocycles. The molecule has 0 bridgehead atoms. The SMILES string of the molecule is COc1cc(C(=O)NCC(O)c2ccc(Cl)cc2)ccc1OCc1ccc(Br)s1. The average molecular weight is 497 g/mol. The molecule has 5 nitrogen and oxygen atoms in total. The zero-order valence-corrected chi connectivity index (χ0v) is 18.7. The van der Waals surface area contributed by atoms with Crippen molar-refractivity contribution >= 4 is 44.8 Å². The maximum atomic E-state index is 12.5. The number of thiophene rings is 1. The number of hydrogen-bond donors (Lipinski definition) is 2. The summed E-state index contributed by atoms with van der Waals surface area (Å²) in [6, 6.07) is 15.8. The molecule has 2 N–H and O–H groups in total. The Balaban J connectivity index is 1.60. The topological polar surface area (TPSA) is 67.8 Å². The van der Waals surface area contributed by atoms with Crippen molar-refractivity contribution in [2.24, 2.45) is 0 Å². The molecule has 152 valence electrons. The van der Waals surface area contributed by atoms with E-state index in [1.54, 1.807) is 53.8 Å². The van der Waals surface area contributed by atoms with E-state index >= 15 is 0 Å². The Morgan fingerprint density at radius 2 is 1.93 bits per heavy atom. The quantitative estimate of drug-likeness (QED) is 0.449. The molecule has 1 aromatic heterocycles. The number of carbonyl (C=O) groups excluding carboxylic acids is 1. The van der Waals surface area contributed by atoms with Gasteiger partial charge in [0.05, 0.1) is 17.0 Å². The summed E-state index contributed by atoms with van der Waals surface area (Å²) in [5.41, 5.74) is 1.09. The second kappa shape index (κ2) is 10.1. The molecular weight excluding hydrogens is 478 g/mol. The van der Waals surface area contributed by atoms with Crippen LogP contribution in [-0.2, 0) is 6.61 Å². The van der Waals surface area contributed by atoms with Gasteiger partial charge in [0.15, 0.2) is 11.5 Å². The number of amides is 1. The van der Waals surface area contributed by atoms with Crippen LogP contribution in [0.3, 0.4) is 0 Å². The fourth-order valence-corrected chi connectivity index (χ4v) is 4.12. The van der Waals surface area contributed by atoms with Gasteiger partial charge in [0.2, 0.25) is 0 Å². The number of ether oxygens (including phenoxy) is 2. The minimum atomic E-state index is -0.828. The lowest BCUT2D eigenvalue weighted by Crippen LogP contribution is -2.28. The van der Waals surface area contributed by atoms with Crippen LogP contribution in [0.15, 0.2) is 58.4 Å². The maximum Gasteiger partial charge on any atom is 0.251 e. The highest BCUT2D eigenvalue weighted by Gasteiger charge is 2.14. The van der Waals surface area contributed by atoms with E-state index in [1.165, 1.54) is 7.11 Å². The normalized spacial score (nSPS) is 11.7. The van der Waals surface area contributed by atoms with Gasteiger partial charge < -0.3 is 19.9 Å². The van der Waals surface area contributed by atoms with Crippen molar-refractivity contribution in [3.63, 3.8) is 0 Å². The van der Waals surface area contributed by atoms with E-state index < -0.39 is 6.10 Å². The Hall–Kier alpha value is -2.06. The summed E-state index contributed by atoms with van der Waals surface area (Å²) in [7, 11) is 1.52. The lowest BCUT2D eigenvalue weighted by Gasteiger charge is -2.14. The largest absolute Gasteiger partial charge is 0.493 e. The zero-order chi connectivity index (χ0) is 20.8. The van der Waals surface area contributed by atoms with E-state index in [9.17, 15) is 9.90 Å². The first-order chi connectivity index (χ1) is 14.0. The van der Waals surface area contributed by atoms with Gasteiger partial charge in [-0.25, -0.2) is 0 Å². The molecule has 0 aliphatic rings. The number of methoxy groups -OCH3 is 1. The summed E-state index contributed by atoms with van der Waals surface area (Å²) < 4.78 is 12.2. The van der Waals surface area contributed by atoms with E-state index in [0.717, 1.165) is 8.66 Å². The first-order valence-electron chi connectivity index (χ1n) is 8.73. The number of aliphatic hydroxyl groups is 1. The van der Waals surface area contributed by atoms with Gasteiger partial charge in [-0.1, -0.05) is 23.7 Å². The number of hydrogen-bond acceptors (Lipinski definition) is 5. The summed E-state index contributed by atoms with van der Waals surface area (Å²) in [6.07, 6.45) is -0.828. The van der Waals surface area contributed by atoms with Gasteiger partial charge in [-0.15, -0.1) is 11.3 Å². The molecule has 3 aromatic rings. The van der Waals surface area contributed by atoms with E-state index in [2.05, 4.69) is 21.2 Å². The smallest absolute Gasteiger partial charge is 0.251 e. The number of halogens is 2. The van der Waals surface area contributed by atoms with Crippen LogP contribution in [0.1, 0.15) is 26.9 Å². The second-order valence-corrected chi connectivity index (χ2v) is 9.12. The fourth-order valence-electron chi connectivity index (χ4n) is 2.60. The molecule has 3 rings (SSSR count). The molecule has 29 heavy (non-hydrogen) atoms. The van der Waals surface area contributed by atoms with Gasteiger partial charge in [-0.05, 0) is 64.0 Å². The van der Waals surface area contributed by atoms with E-state index in [1.807, 2.05) is 12.1 Å². The van der Waals surface area contributed by atoms with Gasteiger partial charge in [0, 0.05) is 22.0 Å². The Morgan fingerprint density at radius 1 is 1.17 bits per heavy atom. The molecule has 0 fully saturated rings. The molecule has 8 heteroatoms. The summed E-state index contributed by atoms with van der Waals surface area (Å²) in [5.74, 6) is 0.700. The first-order valence-corrected chi connectivity index (χ1v) is 10.7. The number of nitrogens with one attached hydrogen (secondary N) is 1. The number of rotatable bonds is 8. The molecule has 2 aromatic carbocycles. The van der Waals surface area contributed by atoms with Crippen molar-refractivity contribution in [3.05, 3.63) is 79.4 Å². The van der Waals surface area contributed by atoms with Crippen LogP contribution in [0.5, 0.6) is 11.5 Å². The third-order valence-electron chi connectivity index (χ3n) is 4.14. The van der Waals surface area contributed by atoms with Gasteiger partial charge in [-0.3, -0.25) is 4.79 Å². The molecular formula is C21H19BrClNO4S. The number of benzene rings is 2. The molecule has 0 saturated carbocycles. The summed E-state index contributed by atoms with van der Waals surface area (Å²) in [4.78, 5) is 13.5. The van der Waals surface area contributed by atoms with E-state index in [0.29, 0.717) is 34.3 Å². The van der Waals surface area contributed by atoms with Gasteiger partial charge >= 0.3 is 0 Å².